The Morgan fingerprint density at radius 3 is 2.10 bits per heavy atom. The number of aliphatic hydroxyl groups is 1. The highest BCUT2D eigenvalue weighted by atomic mass is 19.1. The number of halogens is 1. The molecule has 0 heterocycles. The topological polar surface area (TPSA) is 38.7 Å². The number of benzene rings is 2. The van der Waals surface area contributed by atoms with Crippen LogP contribution in [0.3, 0.4) is 0 Å². The fraction of sp³-hybridized carbons (Fsp3) is 0.294. The van der Waals surface area contributed by atoms with E-state index in [1.807, 2.05) is 0 Å². The summed E-state index contributed by atoms with van der Waals surface area (Å²) < 4.78 is 24.4. The molecular weight excluding hydrogens is 271 g/mol. The van der Waals surface area contributed by atoms with Gasteiger partial charge in [-0.25, -0.2) is 4.39 Å². The van der Waals surface area contributed by atoms with E-state index >= 15 is 0 Å². The lowest BCUT2D eigenvalue weighted by atomic mass is 9.86. The van der Waals surface area contributed by atoms with Gasteiger partial charge >= 0.3 is 0 Å². The standard InChI is InChI=1S/C17H19FO3/c1-11-8-9-12(10-13(11)18)17(2,19)16-14(20-3)6-5-7-15(16)21-4/h5-10,19H,1-4H3. The second-order valence-corrected chi connectivity index (χ2v) is 5.07. The van der Waals surface area contributed by atoms with Crippen LogP contribution in [0.4, 0.5) is 4.39 Å². The molecule has 1 N–H and O–H groups in total. The fourth-order valence-electron chi connectivity index (χ4n) is 2.37. The maximum Gasteiger partial charge on any atom is 0.129 e. The summed E-state index contributed by atoms with van der Waals surface area (Å²) >= 11 is 0. The number of ether oxygens (including phenoxy) is 2. The quantitative estimate of drug-likeness (QED) is 0.938. The molecule has 0 fully saturated rings. The van der Waals surface area contributed by atoms with Crippen molar-refractivity contribution in [1.82, 2.24) is 0 Å². The summed E-state index contributed by atoms with van der Waals surface area (Å²) in [6.07, 6.45) is 0. The molecule has 1 atom stereocenters. The SMILES string of the molecule is COc1cccc(OC)c1C(C)(O)c1ccc(C)c(F)c1. The van der Waals surface area contributed by atoms with E-state index in [1.54, 1.807) is 44.2 Å². The maximum atomic E-state index is 13.8. The normalized spacial score (nSPS) is 13.6. The first-order valence-electron chi connectivity index (χ1n) is 6.62. The van der Waals surface area contributed by atoms with Gasteiger partial charge in [0, 0.05) is 0 Å². The Balaban J connectivity index is 2.65. The van der Waals surface area contributed by atoms with Crippen LogP contribution in [0.25, 0.3) is 0 Å². The molecule has 0 saturated carbocycles. The van der Waals surface area contributed by atoms with Crippen molar-refractivity contribution in [3.8, 4) is 11.5 Å². The molecule has 2 aromatic carbocycles. The van der Waals surface area contributed by atoms with E-state index in [1.165, 1.54) is 20.3 Å². The molecule has 0 radical (unpaired) electrons. The highest BCUT2D eigenvalue weighted by Gasteiger charge is 2.33. The molecule has 0 aliphatic carbocycles. The van der Waals surface area contributed by atoms with E-state index in [4.69, 9.17) is 9.47 Å². The Hall–Kier alpha value is -2.07. The van der Waals surface area contributed by atoms with Gasteiger partial charge < -0.3 is 14.6 Å². The monoisotopic (exact) mass is 290 g/mol. The predicted octanol–water partition coefficient (Wildman–Crippen LogP) is 3.41. The average Bonchev–Trinajstić information content (AvgIpc) is 2.48. The molecule has 0 amide bonds. The molecule has 0 aliphatic heterocycles. The predicted molar refractivity (Wildman–Crippen MR) is 79.4 cm³/mol. The van der Waals surface area contributed by atoms with E-state index in [0.29, 0.717) is 28.2 Å². The van der Waals surface area contributed by atoms with Gasteiger partial charge in [-0.05, 0) is 43.2 Å². The first kappa shape index (κ1) is 15.3. The van der Waals surface area contributed by atoms with Crippen LogP contribution in [-0.4, -0.2) is 19.3 Å². The summed E-state index contributed by atoms with van der Waals surface area (Å²) in [6.45, 7) is 3.27. The Morgan fingerprint density at radius 1 is 1.05 bits per heavy atom. The van der Waals surface area contributed by atoms with Crippen LogP contribution in [0.5, 0.6) is 11.5 Å². The van der Waals surface area contributed by atoms with E-state index < -0.39 is 5.60 Å². The summed E-state index contributed by atoms with van der Waals surface area (Å²) in [4.78, 5) is 0. The molecule has 3 nitrogen and oxygen atoms in total. The molecule has 0 saturated heterocycles. The van der Waals surface area contributed by atoms with E-state index in [2.05, 4.69) is 0 Å². The van der Waals surface area contributed by atoms with Gasteiger partial charge in [-0.3, -0.25) is 0 Å². The minimum Gasteiger partial charge on any atom is -0.496 e. The smallest absolute Gasteiger partial charge is 0.129 e. The minimum atomic E-state index is -1.44. The van der Waals surface area contributed by atoms with Gasteiger partial charge in [0.1, 0.15) is 22.9 Å². The van der Waals surface area contributed by atoms with Gasteiger partial charge in [-0.2, -0.15) is 0 Å². The van der Waals surface area contributed by atoms with Crippen LogP contribution in [-0.2, 0) is 5.60 Å². The number of aryl methyl sites for hydroxylation is 1. The molecule has 112 valence electrons. The largest absolute Gasteiger partial charge is 0.496 e. The van der Waals surface area contributed by atoms with Crippen molar-refractivity contribution in [2.45, 2.75) is 19.4 Å². The number of rotatable bonds is 4. The lowest BCUT2D eigenvalue weighted by molar-refractivity contribution is 0.0952. The third kappa shape index (κ3) is 2.72. The van der Waals surface area contributed by atoms with Gasteiger partial charge in [0.2, 0.25) is 0 Å². The summed E-state index contributed by atoms with van der Waals surface area (Å²) in [5, 5.41) is 11.0. The third-order valence-corrected chi connectivity index (χ3v) is 3.65. The number of hydrogen-bond donors (Lipinski definition) is 1. The van der Waals surface area contributed by atoms with Crippen molar-refractivity contribution in [1.29, 1.82) is 0 Å². The maximum absolute atomic E-state index is 13.8. The van der Waals surface area contributed by atoms with Crippen molar-refractivity contribution in [3.05, 3.63) is 58.9 Å². The van der Waals surface area contributed by atoms with Crippen molar-refractivity contribution >= 4 is 0 Å². The molecule has 21 heavy (non-hydrogen) atoms. The Kier molecular flexibility index (Phi) is 4.19. The van der Waals surface area contributed by atoms with Crippen LogP contribution in [0.15, 0.2) is 36.4 Å². The van der Waals surface area contributed by atoms with E-state index in [0.717, 1.165) is 0 Å². The molecule has 2 aromatic rings. The lowest BCUT2D eigenvalue weighted by Crippen LogP contribution is -2.24. The highest BCUT2D eigenvalue weighted by Crippen LogP contribution is 2.41. The minimum absolute atomic E-state index is 0.360. The zero-order valence-corrected chi connectivity index (χ0v) is 12.6. The Labute approximate surface area is 124 Å². The van der Waals surface area contributed by atoms with Gasteiger partial charge in [-0.15, -0.1) is 0 Å². The first-order chi connectivity index (χ1) is 9.91. The molecule has 1 unspecified atom stereocenters. The van der Waals surface area contributed by atoms with E-state index in [9.17, 15) is 9.50 Å². The molecule has 0 spiro atoms. The Bertz CT molecular complexity index is 628. The second kappa shape index (κ2) is 5.74. The summed E-state index contributed by atoms with van der Waals surface area (Å²) in [5.74, 6) is 0.613. The molecule has 4 heteroatoms. The first-order valence-corrected chi connectivity index (χ1v) is 6.62. The van der Waals surface area contributed by atoms with Crippen molar-refractivity contribution in [2.75, 3.05) is 14.2 Å². The van der Waals surface area contributed by atoms with Crippen LogP contribution < -0.4 is 9.47 Å². The van der Waals surface area contributed by atoms with Gasteiger partial charge in [0.25, 0.3) is 0 Å². The molecular formula is C17H19FO3. The molecule has 0 bridgehead atoms. The van der Waals surface area contributed by atoms with Gasteiger partial charge in [0.15, 0.2) is 0 Å². The van der Waals surface area contributed by atoms with E-state index in [-0.39, 0.29) is 5.82 Å². The van der Waals surface area contributed by atoms with Crippen LogP contribution >= 0.6 is 0 Å². The summed E-state index contributed by atoms with van der Waals surface area (Å²) in [7, 11) is 3.04. The van der Waals surface area contributed by atoms with Crippen LogP contribution in [0.2, 0.25) is 0 Å². The average molecular weight is 290 g/mol. The third-order valence-electron chi connectivity index (χ3n) is 3.65. The second-order valence-electron chi connectivity index (χ2n) is 5.07. The van der Waals surface area contributed by atoms with Gasteiger partial charge in [-0.1, -0.05) is 18.2 Å². The van der Waals surface area contributed by atoms with Crippen molar-refractivity contribution in [3.63, 3.8) is 0 Å². The van der Waals surface area contributed by atoms with Crippen molar-refractivity contribution in [2.24, 2.45) is 0 Å². The van der Waals surface area contributed by atoms with Gasteiger partial charge in [0.05, 0.1) is 19.8 Å². The Morgan fingerprint density at radius 2 is 1.62 bits per heavy atom. The van der Waals surface area contributed by atoms with Crippen molar-refractivity contribution < 1.29 is 19.0 Å². The van der Waals surface area contributed by atoms with Crippen LogP contribution in [0, 0.1) is 12.7 Å². The zero-order chi connectivity index (χ0) is 15.6. The number of hydrogen-bond acceptors (Lipinski definition) is 3. The highest BCUT2D eigenvalue weighted by molar-refractivity contribution is 5.52. The summed E-state index contributed by atoms with van der Waals surface area (Å²) in [5.41, 5.74) is 0.000134. The number of methoxy groups -OCH3 is 2. The zero-order valence-electron chi connectivity index (χ0n) is 12.6. The summed E-state index contributed by atoms with van der Waals surface area (Å²) in [6, 6.07) is 9.91. The molecule has 0 aromatic heterocycles. The molecule has 2 rings (SSSR count). The lowest BCUT2D eigenvalue weighted by Gasteiger charge is -2.28. The molecule has 0 aliphatic rings. The van der Waals surface area contributed by atoms with Crippen LogP contribution in [0.1, 0.15) is 23.6 Å². The fourth-order valence-corrected chi connectivity index (χ4v) is 2.37.